The van der Waals surface area contributed by atoms with Gasteiger partial charge in [-0.05, 0) is 55.6 Å². The Morgan fingerprint density at radius 2 is 1.62 bits per heavy atom. The predicted octanol–water partition coefficient (Wildman–Crippen LogP) is 1.40. The molecule has 0 aliphatic carbocycles. The van der Waals surface area contributed by atoms with Gasteiger partial charge in [-0.2, -0.15) is 0 Å². The average Bonchev–Trinajstić information content (AvgIpc) is 2.98. The Kier molecular flexibility index (Phi) is 12.6. The molecule has 3 rings (SSSR count). The predicted molar refractivity (Wildman–Crippen MR) is 162 cm³/mol. The molecule has 2 atom stereocenters. The lowest BCUT2D eigenvalue weighted by molar-refractivity contribution is -0.123. The topological polar surface area (TPSA) is 172 Å². The normalized spacial score (nSPS) is 15.5. The van der Waals surface area contributed by atoms with Gasteiger partial charge in [0, 0.05) is 37.6 Å². The highest BCUT2D eigenvalue weighted by atomic mass is 32.2. The number of rotatable bonds is 14. The number of amides is 3. The summed E-state index contributed by atoms with van der Waals surface area (Å²) in [6.45, 7) is 2.70. The highest BCUT2D eigenvalue weighted by Gasteiger charge is 2.26. The van der Waals surface area contributed by atoms with Gasteiger partial charge < -0.3 is 36.7 Å². The lowest BCUT2D eigenvalue weighted by atomic mass is 10.0. The van der Waals surface area contributed by atoms with E-state index in [0.29, 0.717) is 32.4 Å². The van der Waals surface area contributed by atoms with Gasteiger partial charge in [0.25, 0.3) is 0 Å². The zero-order chi connectivity index (χ0) is 30.4. The monoisotopic (exact) mass is 599 g/mol. The van der Waals surface area contributed by atoms with Crippen molar-refractivity contribution in [3.63, 3.8) is 0 Å². The average molecular weight is 600 g/mol. The van der Waals surface area contributed by atoms with Crippen molar-refractivity contribution in [3.05, 3.63) is 77.7 Å². The van der Waals surface area contributed by atoms with Gasteiger partial charge in [0.05, 0.1) is 4.90 Å². The number of likely N-dealkylation sites (N-methyl/N-ethyl adjacent to an activating group) is 1. The number of aryl methyl sites for hydroxylation is 1. The van der Waals surface area contributed by atoms with Crippen molar-refractivity contribution >= 4 is 27.7 Å². The van der Waals surface area contributed by atoms with Gasteiger partial charge in [0.2, 0.25) is 11.9 Å². The second-order valence-electron chi connectivity index (χ2n) is 10.1. The van der Waals surface area contributed by atoms with E-state index in [-0.39, 0.29) is 29.9 Å². The Labute approximate surface area is 247 Å². The Morgan fingerprint density at radius 1 is 0.976 bits per heavy atom. The molecule has 42 heavy (non-hydrogen) atoms. The Morgan fingerprint density at radius 3 is 2.26 bits per heavy atom. The minimum atomic E-state index is -3.72. The van der Waals surface area contributed by atoms with Crippen LogP contribution in [0, 0.1) is 0 Å². The lowest BCUT2D eigenvalue weighted by Crippen LogP contribution is -2.56. The molecule has 3 amide bonds. The van der Waals surface area contributed by atoms with Crippen molar-refractivity contribution in [1.29, 1.82) is 0 Å². The van der Waals surface area contributed by atoms with Gasteiger partial charge in [-0.3, -0.25) is 4.79 Å². The molecule has 1 fully saturated rings. The number of benzene rings is 2. The summed E-state index contributed by atoms with van der Waals surface area (Å²) in [6.07, 6.45) is 3.17. The fraction of sp³-hybridized carbons (Fsp3) is 0.414. The highest BCUT2D eigenvalue weighted by molar-refractivity contribution is 7.94. The maximum atomic E-state index is 13.6. The number of nitrogens with zero attached hydrogens (tertiary/aromatic N) is 3. The fourth-order valence-electron chi connectivity index (χ4n) is 4.34. The number of carbonyl (C=O) groups is 2. The summed E-state index contributed by atoms with van der Waals surface area (Å²) in [5, 5.41) is 10.4. The number of urea groups is 1. The zero-order valence-corrected chi connectivity index (χ0v) is 24.7. The van der Waals surface area contributed by atoms with Crippen LogP contribution in [0.2, 0.25) is 0 Å². The molecule has 12 nitrogen and oxygen atoms in total. The quantitative estimate of drug-likeness (QED) is 0.109. The number of oxime groups is 1. The van der Waals surface area contributed by atoms with Crippen LogP contribution in [-0.2, 0) is 25.9 Å². The number of carbonyl (C=O) groups excluding carboxylic acids is 2. The molecule has 0 spiro atoms. The standard InChI is InChI=1S/C29H41N7O5S/c1-35-17-19-36(20-18-35)29(38)33-26(13-8-21-41-34-28(30)31)27(37)32-24(15-14-23-9-4-2-5-10-23)16-22-42(39,40)25-11-6-3-7-12-25/h2-7,9-12,16,22,24,26H,8,13-15,17-21H2,1H3,(H,32,37)(H,33,38)(H4,30,31,34)/t24-,26-/m0/s1. The SMILES string of the molecule is CN1CCN(C(=O)N[C@@H](CCCON=C(N)N)C(=O)N[C@H](C=CS(=O)(=O)c2ccccc2)CCc2ccccc2)CC1. The van der Waals surface area contributed by atoms with E-state index >= 15 is 0 Å². The van der Waals surface area contributed by atoms with Crippen LogP contribution >= 0.6 is 0 Å². The van der Waals surface area contributed by atoms with E-state index in [1.165, 1.54) is 18.2 Å². The maximum Gasteiger partial charge on any atom is 0.318 e. The van der Waals surface area contributed by atoms with Gasteiger partial charge >= 0.3 is 6.03 Å². The van der Waals surface area contributed by atoms with E-state index in [0.717, 1.165) is 24.1 Å². The number of nitrogens with one attached hydrogen (secondary N) is 2. The summed E-state index contributed by atoms with van der Waals surface area (Å²) in [4.78, 5) is 35.6. The molecule has 0 bridgehead atoms. The van der Waals surface area contributed by atoms with Crippen LogP contribution in [0.25, 0.3) is 0 Å². The summed E-state index contributed by atoms with van der Waals surface area (Å²) in [7, 11) is -1.73. The summed E-state index contributed by atoms with van der Waals surface area (Å²) >= 11 is 0. The zero-order valence-electron chi connectivity index (χ0n) is 23.9. The first-order valence-electron chi connectivity index (χ1n) is 13.9. The minimum absolute atomic E-state index is 0.138. The van der Waals surface area contributed by atoms with Crippen LogP contribution in [0.15, 0.2) is 82.2 Å². The third-order valence-electron chi connectivity index (χ3n) is 6.78. The number of guanidine groups is 1. The van der Waals surface area contributed by atoms with Gasteiger partial charge in [0.1, 0.15) is 12.6 Å². The second kappa shape index (κ2) is 16.4. The first-order chi connectivity index (χ1) is 20.1. The molecule has 2 aromatic carbocycles. The van der Waals surface area contributed by atoms with E-state index in [2.05, 4.69) is 20.7 Å². The van der Waals surface area contributed by atoms with Crippen LogP contribution < -0.4 is 22.1 Å². The van der Waals surface area contributed by atoms with Crippen LogP contribution in [-0.4, -0.2) is 88.0 Å². The lowest BCUT2D eigenvalue weighted by Gasteiger charge is -2.33. The van der Waals surface area contributed by atoms with Gasteiger partial charge in [-0.15, -0.1) is 0 Å². The fourth-order valence-corrected chi connectivity index (χ4v) is 5.43. The van der Waals surface area contributed by atoms with Crippen molar-refractivity contribution in [2.24, 2.45) is 16.6 Å². The minimum Gasteiger partial charge on any atom is -0.393 e. The first kappa shape index (κ1) is 32.4. The summed E-state index contributed by atoms with van der Waals surface area (Å²) < 4.78 is 25.8. The molecule has 1 saturated heterocycles. The van der Waals surface area contributed by atoms with Crippen molar-refractivity contribution in [3.8, 4) is 0 Å². The van der Waals surface area contributed by atoms with E-state index in [9.17, 15) is 18.0 Å². The summed E-state index contributed by atoms with van der Waals surface area (Å²) in [5.74, 6) is -0.648. The molecule has 0 unspecified atom stereocenters. The number of hydrogen-bond acceptors (Lipinski definition) is 7. The summed E-state index contributed by atoms with van der Waals surface area (Å²) in [5.41, 5.74) is 11.6. The highest BCUT2D eigenvalue weighted by Crippen LogP contribution is 2.14. The van der Waals surface area contributed by atoms with Gasteiger partial charge in [-0.25, -0.2) is 13.2 Å². The molecule has 13 heteroatoms. The molecule has 228 valence electrons. The van der Waals surface area contributed by atoms with Crippen LogP contribution in [0.1, 0.15) is 24.8 Å². The van der Waals surface area contributed by atoms with Crippen LogP contribution in [0.3, 0.4) is 0 Å². The maximum absolute atomic E-state index is 13.6. The molecular formula is C29H41N7O5S. The number of hydrogen-bond donors (Lipinski definition) is 4. The van der Waals surface area contributed by atoms with Crippen LogP contribution in [0.5, 0.6) is 0 Å². The molecule has 1 aliphatic rings. The number of piperazine rings is 1. The summed E-state index contributed by atoms with van der Waals surface area (Å²) in [6, 6.07) is 15.9. The molecule has 0 saturated carbocycles. The third-order valence-corrected chi connectivity index (χ3v) is 8.22. The first-order valence-corrected chi connectivity index (χ1v) is 15.5. The van der Waals surface area contributed by atoms with Gasteiger partial charge in [0.15, 0.2) is 9.84 Å². The molecule has 2 aromatic rings. The Balaban J connectivity index is 1.75. The smallest absolute Gasteiger partial charge is 0.318 e. The third kappa shape index (κ3) is 11.1. The number of nitrogens with two attached hydrogens (primary N) is 2. The molecular weight excluding hydrogens is 558 g/mol. The Bertz CT molecular complexity index is 1290. The van der Waals surface area contributed by atoms with Crippen molar-refractivity contribution in [2.75, 3.05) is 39.8 Å². The van der Waals surface area contributed by atoms with Gasteiger partial charge in [-0.1, -0.05) is 54.6 Å². The van der Waals surface area contributed by atoms with E-state index in [1.54, 1.807) is 23.1 Å². The van der Waals surface area contributed by atoms with Crippen molar-refractivity contribution in [2.45, 2.75) is 42.7 Å². The second-order valence-corrected chi connectivity index (χ2v) is 11.9. The molecule has 1 aliphatic heterocycles. The number of sulfone groups is 1. The van der Waals surface area contributed by atoms with Crippen molar-refractivity contribution < 1.29 is 22.8 Å². The molecule has 1 heterocycles. The molecule has 0 aromatic heterocycles. The van der Waals surface area contributed by atoms with E-state index in [4.69, 9.17) is 16.3 Å². The largest absolute Gasteiger partial charge is 0.393 e. The van der Waals surface area contributed by atoms with Crippen LogP contribution in [0.4, 0.5) is 4.79 Å². The van der Waals surface area contributed by atoms with E-state index in [1.807, 2.05) is 37.4 Å². The van der Waals surface area contributed by atoms with Crippen molar-refractivity contribution in [1.82, 2.24) is 20.4 Å². The molecule has 0 radical (unpaired) electrons. The van der Waals surface area contributed by atoms with E-state index < -0.39 is 27.8 Å². The Hall–Kier alpha value is -4.10. The molecule has 6 N–H and O–H groups in total.